The number of rotatable bonds is 4. The van der Waals surface area contributed by atoms with Crippen LogP contribution < -0.4 is 15.4 Å². The van der Waals surface area contributed by atoms with Gasteiger partial charge in [-0.15, -0.1) is 0 Å². The number of anilines is 1. The minimum Gasteiger partial charge on any atom is -0.497 e. The SMILES string of the molecule is COc1cc(C)cc(-c2cc3cnc(SC)nc3nc2NC(=O)NC(C)(C)C)c1. The summed E-state index contributed by atoms with van der Waals surface area (Å²) in [4.78, 5) is 26.0. The number of urea groups is 1. The number of amides is 2. The number of hydrogen-bond donors (Lipinski definition) is 2. The largest absolute Gasteiger partial charge is 0.497 e. The first kappa shape index (κ1) is 20.9. The van der Waals surface area contributed by atoms with Gasteiger partial charge in [0, 0.05) is 22.7 Å². The zero-order chi connectivity index (χ0) is 21.2. The lowest BCUT2D eigenvalue weighted by Gasteiger charge is -2.21. The van der Waals surface area contributed by atoms with E-state index in [1.165, 1.54) is 11.8 Å². The number of aryl methyl sites for hydroxylation is 1. The second-order valence-electron chi connectivity index (χ2n) is 7.72. The molecular weight excluding hydrogens is 386 g/mol. The van der Waals surface area contributed by atoms with Crippen LogP contribution in [0.15, 0.2) is 35.6 Å². The number of carbonyl (C=O) groups excluding carboxylic acids is 1. The first-order valence-corrected chi connectivity index (χ1v) is 10.4. The van der Waals surface area contributed by atoms with Crippen molar-refractivity contribution >= 4 is 34.6 Å². The van der Waals surface area contributed by atoms with Gasteiger partial charge in [-0.2, -0.15) is 0 Å². The molecule has 29 heavy (non-hydrogen) atoms. The Labute approximate surface area is 174 Å². The summed E-state index contributed by atoms with van der Waals surface area (Å²) in [6, 6.07) is 7.50. The molecule has 2 heterocycles. The minimum atomic E-state index is -0.373. The van der Waals surface area contributed by atoms with Crippen molar-refractivity contribution in [2.75, 3.05) is 18.7 Å². The topological polar surface area (TPSA) is 89.0 Å². The number of hydrogen-bond acceptors (Lipinski definition) is 6. The van der Waals surface area contributed by atoms with Gasteiger partial charge >= 0.3 is 6.03 Å². The number of methoxy groups -OCH3 is 1. The Kier molecular flexibility index (Phi) is 5.93. The zero-order valence-corrected chi connectivity index (χ0v) is 18.3. The third-order valence-electron chi connectivity index (χ3n) is 4.05. The summed E-state index contributed by atoms with van der Waals surface area (Å²) in [7, 11) is 1.63. The van der Waals surface area contributed by atoms with E-state index in [0.29, 0.717) is 16.6 Å². The van der Waals surface area contributed by atoms with E-state index < -0.39 is 0 Å². The number of nitrogens with one attached hydrogen (secondary N) is 2. The normalized spacial score (nSPS) is 11.4. The summed E-state index contributed by atoms with van der Waals surface area (Å²) in [5, 5.41) is 7.20. The van der Waals surface area contributed by atoms with Gasteiger partial charge in [-0.25, -0.2) is 19.7 Å². The van der Waals surface area contributed by atoms with Crippen LogP contribution in [-0.4, -0.2) is 39.9 Å². The average Bonchev–Trinajstić information content (AvgIpc) is 2.64. The maximum absolute atomic E-state index is 12.5. The van der Waals surface area contributed by atoms with Crippen molar-refractivity contribution in [1.82, 2.24) is 20.3 Å². The van der Waals surface area contributed by atoms with Crippen LogP contribution in [0.3, 0.4) is 0 Å². The molecule has 3 rings (SSSR count). The van der Waals surface area contributed by atoms with Crippen molar-refractivity contribution in [1.29, 1.82) is 0 Å². The molecule has 0 aliphatic carbocycles. The Bertz CT molecular complexity index is 1060. The fraction of sp³-hybridized carbons (Fsp3) is 0.333. The second kappa shape index (κ2) is 8.24. The Morgan fingerprint density at radius 1 is 1.14 bits per heavy atom. The molecule has 0 atom stereocenters. The van der Waals surface area contributed by atoms with E-state index in [9.17, 15) is 4.79 Å². The fourth-order valence-electron chi connectivity index (χ4n) is 2.86. The molecular formula is C21H25N5O2S. The predicted molar refractivity (Wildman–Crippen MR) is 118 cm³/mol. The number of carbonyl (C=O) groups is 1. The van der Waals surface area contributed by atoms with Gasteiger partial charge in [-0.05, 0) is 63.3 Å². The smallest absolute Gasteiger partial charge is 0.320 e. The van der Waals surface area contributed by atoms with Crippen LogP contribution in [0.5, 0.6) is 5.75 Å². The Morgan fingerprint density at radius 2 is 1.90 bits per heavy atom. The van der Waals surface area contributed by atoms with Gasteiger partial charge in [0.25, 0.3) is 0 Å². The number of nitrogens with zero attached hydrogens (tertiary/aromatic N) is 3. The number of ether oxygens (including phenoxy) is 1. The molecule has 0 aliphatic rings. The molecule has 0 saturated carbocycles. The average molecular weight is 412 g/mol. The lowest BCUT2D eigenvalue weighted by atomic mass is 10.0. The van der Waals surface area contributed by atoms with Crippen molar-refractivity contribution in [3.8, 4) is 16.9 Å². The number of fused-ring (bicyclic) bond motifs is 1. The summed E-state index contributed by atoms with van der Waals surface area (Å²) >= 11 is 1.44. The molecule has 2 aromatic heterocycles. The van der Waals surface area contributed by atoms with Crippen LogP contribution in [0.25, 0.3) is 22.2 Å². The van der Waals surface area contributed by atoms with Gasteiger partial charge in [-0.1, -0.05) is 17.8 Å². The summed E-state index contributed by atoms with van der Waals surface area (Å²) in [6.45, 7) is 7.76. The summed E-state index contributed by atoms with van der Waals surface area (Å²) in [6.07, 6.45) is 3.65. The van der Waals surface area contributed by atoms with Crippen molar-refractivity contribution in [2.45, 2.75) is 38.4 Å². The van der Waals surface area contributed by atoms with Crippen molar-refractivity contribution in [3.05, 3.63) is 36.0 Å². The van der Waals surface area contributed by atoms with E-state index >= 15 is 0 Å². The predicted octanol–water partition coefficient (Wildman–Crippen LogP) is 4.65. The molecule has 152 valence electrons. The van der Waals surface area contributed by atoms with E-state index in [-0.39, 0.29) is 11.6 Å². The molecule has 2 N–H and O–H groups in total. The van der Waals surface area contributed by atoms with Crippen LogP contribution in [-0.2, 0) is 0 Å². The lowest BCUT2D eigenvalue weighted by Crippen LogP contribution is -2.43. The lowest BCUT2D eigenvalue weighted by molar-refractivity contribution is 0.243. The first-order chi connectivity index (χ1) is 13.7. The highest BCUT2D eigenvalue weighted by molar-refractivity contribution is 7.98. The molecule has 0 radical (unpaired) electrons. The quantitative estimate of drug-likeness (QED) is 0.480. The fourth-order valence-corrected chi connectivity index (χ4v) is 3.20. The number of aromatic nitrogens is 3. The molecule has 0 unspecified atom stereocenters. The van der Waals surface area contributed by atoms with E-state index in [4.69, 9.17) is 4.74 Å². The van der Waals surface area contributed by atoms with Gasteiger partial charge in [-0.3, -0.25) is 5.32 Å². The first-order valence-electron chi connectivity index (χ1n) is 9.15. The molecule has 0 saturated heterocycles. The summed E-state index contributed by atoms with van der Waals surface area (Å²) in [5.41, 5.74) is 2.85. The molecule has 3 aromatic rings. The maximum atomic E-state index is 12.5. The highest BCUT2D eigenvalue weighted by atomic mass is 32.2. The molecule has 2 amide bonds. The number of pyridine rings is 1. The van der Waals surface area contributed by atoms with E-state index in [2.05, 4.69) is 25.6 Å². The van der Waals surface area contributed by atoms with E-state index in [1.807, 2.05) is 58.2 Å². The van der Waals surface area contributed by atoms with Crippen molar-refractivity contribution in [3.63, 3.8) is 0 Å². The maximum Gasteiger partial charge on any atom is 0.320 e. The highest BCUT2D eigenvalue weighted by Crippen LogP contribution is 2.33. The van der Waals surface area contributed by atoms with E-state index in [1.54, 1.807) is 13.3 Å². The summed E-state index contributed by atoms with van der Waals surface area (Å²) < 4.78 is 5.41. The van der Waals surface area contributed by atoms with Gasteiger partial charge in [0.15, 0.2) is 10.8 Å². The summed E-state index contributed by atoms with van der Waals surface area (Å²) in [5.74, 6) is 1.16. The minimum absolute atomic E-state index is 0.329. The van der Waals surface area contributed by atoms with Gasteiger partial charge < -0.3 is 10.1 Å². The molecule has 0 bridgehead atoms. The van der Waals surface area contributed by atoms with Crippen molar-refractivity contribution < 1.29 is 9.53 Å². The van der Waals surface area contributed by atoms with Crippen LogP contribution in [0, 0.1) is 6.92 Å². The molecule has 0 aliphatic heterocycles. The highest BCUT2D eigenvalue weighted by Gasteiger charge is 2.18. The van der Waals surface area contributed by atoms with Crippen molar-refractivity contribution in [2.24, 2.45) is 0 Å². The Balaban J connectivity index is 2.15. The Morgan fingerprint density at radius 3 is 2.55 bits per heavy atom. The van der Waals surface area contributed by atoms with Gasteiger partial charge in [0.05, 0.1) is 7.11 Å². The van der Waals surface area contributed by atoms with Crippen LogP contribution >= 0.6 is 11.8 Å². The third kappa shape index (κ3) is 5.14. The third-order valence-corrected chi connectivity index (χ3v) is 4.61. The van der Waals surface area contributed by atoms with Gasteiger partial charge in [0.1, 0.15) is 11.6 Å². The van der Waals surface area contributed by atoms with Gasteiger partial charge in [0.2, 0.25) is 0 Å². The second-order valence-corrected chi connectivity index (χ2v) is 8.50. The standard InChI is InChI=1S/C21H25N5O2S/c1-12-7-13(9-15(8-12)28-5)16-10-14-11-22-20(29-6)25-17(14)23-18(16)24-19(27)26-21(2,3)4/h7-11H,1-6H3,(H2,22,23,24,25,26,27). The van der Waals surface area contributed by atoms with Crippen LogP contribution in [0.1, 0.15) is 26.3 Å². The molecule has 0 spiro atoms. The number of thioether (sulfide) groups is 1. The monoisotopic (exact) mass is 411 g/mol. The molecule has 8 heteroatoms. The number of benzene rings is 1. The molecule has 1 aromatic carbocycles. The zero-order valence-electron chi connectivity index (χ0n) is 17.5. The van der Waals surface area contributed by atoms with Crippen LogP contribution in [0.4, 0.5) is 10.6 Å². The molecule has 7 nitrogen and oxygen atoms in total. The Hall–Kier alpha value is -2.87. The molecule has 0 fully saturated rings. The van der Waals surface area contributed by atoms with Crippen LogP contribution in [0.2, 0.25) is 0 Å². The van der Waals surface area contributed by atoms with E-state index in [0.717, 1.165) is 27.8 Å².